The van der Waals surface area contributed by atoms with Crippen LogP contribution in [0.25, 0.3) is 0 Å². The van der Waals surface area contributed by atoms with E-state index in [-0.39, 0.29) is 37.8 Å². The molecular weight excluding hydrogens is 241 g/mol. The second-order valence-corrected chi connectivity index (χ2v) is 3.93. The van der Waals surface area contributed by atoms with Crippen LogP contribution in [-0.2, 0) is 9.63 Å². The molecule has 0 bridgehead atoms. The van der Waals surface area contributed by atoms with Gasteiger partial charge in [-0.15, -0.1) is 0 Å². The lowest BCUT2D eigenvalue weighted by Gasteiger charge is -2.14. The molecule has 5 nitrogen and oxygen atoms in total. The van der Waals surface area contributed by atoms with Gasteiger partial charge in [-0.3, -0.25) is 9.63 Å². The van der Waals surface area contributed by atoms with Gasteiger partial charge in [0.2, 0.25) is 5.91 Å². The van der Waals surface area contributed by atoms with Gasteiger partial charge in [0.05, 0.1) is 25.7 Å². The number of para-hydroxylation sites is 1. The molecule has 2 rings (SSSR count). The van der Waals surface area contributed by atoms with Gasteiger partial charge >= 0.3 is 0 Å². The molecule has 1 aromatic rings. The average Bonchev–Trinajstić information content (AvgIpc) is 2.78. The summed E-state index contributed by atoms with van der Waals surface area (Å²) in [4.78, 5) is 16.5. The van der Waals surface area contributed by atoms with Crippen LogP contribution in [0.2, 0.25) is 0 Å². The fraction of sp³-hybridized carbons (Fsp3) is 0.417. The summed E-state index contributed by atoms with van der Waals surface area (Å²) in [5, 5.41) is 10.3. The Kier molecular flexibility index (Phi) is 4.11. The quantitative estimate of drug-likeness (QED) is 0.861. The molecule has 1 heterocycles. The van der Waals surface area contributed by atoms with E-state index in [1.165, 1.54) is 12.1 Å². The van der Waals surface area contributed by atoms with Crippen molar-refractivity contribution in [3.05, 3.63) is 30.1 Å². The lowest BCUT2D eigenvalue weighted by atomic mass is 10.3. The number of benzene rings is 1. The van der Waals surface area contributed by atoms with Gasteiger partial charge < -0.3 is 9.84 Å². The predicted molar refractivity (Wildman–Crippen MR) is 60.2 cm³/mol. The Bertz CT molecular complexity index is 426. The normalized spacial score (nSPS) is 19.0. The summed E-state index contributed by atoms with van der Waals surface area (Å²) >= 11 is 0. The molecule has 18 heavy (non-hydrogen) atoms. The largest absolute Gasteiger partial charge is 0.490 e. The molecule has 1 aliphatic heterocycles. The highest BCUT2D eigenvalue weighted by Crippen LogP contribution is 2.15. The van der Waals surface area contributed by atoms with Crippen LogP contribution >= 0.6 is 0 Å². The fourth-order valence-electron chi connectivity index (χ4n) is 1.58. The van der Waals surface area contributed by atoms with Crippen LogP contribution < -0.4 is 4.74 Å². The van der Waals surface area contributed by atoms with E-state index in [0.717, 1.165) is 5.06 Å². The maximum absolute atomic E-state index is 13.2. The van der Waals surface area contributed by atoms with Crippen molar-refractivity contribution >= 4 is 5.91 Å². The average molecular weight is 255 g/mol. The van der Waals surface area contributed by atoms with Crippen molar-refractivity contribution in [1.29, 1.82) is 0 Å². The highest BCUT2D eigenvalue weighted by atomic mass is 19.1. The summed E-state index contributed by atoms with van der Waals surface area (Å²) in [6, 6.07) is 6.00. The van der Waals surface area contributed by atoms with Crippen molar-refractivity contribution in [2.75, 3.05) is 19.8 Å². The van der Waals surface area contributed by atoms with Crippen LogP contribution in [0.1, 0.15) is 6.42 Å². The van der Waals surface area contributed by atoms with Gasteiger partial charge in [0, 0.05) is 0 Å². The molecule has 0 radical (unpaired) electrons. The number of carbonyl (C=O) groups is 1. The minimum Gasteiger partial charge on any atom is -0.490 e. The maximum Gasteiger partial charge on any atom is 0.249 e. The van der Waals surface area contributed by atoms with E-state index in [4.69, 9.17) is 9.57 Å². The molecule has 1 aromatic carbocycles. The van der Waals surface area contributed by atoms with Crippen LogP contribution in [0.5, 0.6) is 5.75 Å². The molecule has 0 aromatic heterocycles. The van der Waals surface area contributed by atoms with E-state index < -0.39 is 11.9 Å². The Hall–Kier alpha value is -1.66. The number of nitrogens with zero attached hydrogens (tertiary/aromatic N) is 1. The maximum atomic E-state index is 13.2. The van der Waals surface area contributed by atoms with Crippen molar-refractivity contribution in [1.82, 2.24) is 5.06 Å². The number of amides is 1. The smallest absolute Gasteiger partial charge is 0.249 e. The first-order valence-electron chi connectivity index (χ1n) is 5.65. The Morgan fingerprint density at radius 2 is 2.33 bits per heavy atom. The highest BCUT2D eigenvalue weighted by Gasteiger charge is 2.25. The number of hydrogen-bond acceptors (Lipinski definition) is 4. The molecule has 0 saturated carbocycles. The van der Waals surface area contributed by atoms with Crippen molar-refractivity contribution in [2.24, 2.45) is 0 Å². The topological polar surface area (TPSA) is 59.0 Å². The fourth-order valence-corrected chi connectivity index (χ4v) is 1.58. The molecule has 98 valence electrons. The van der Waals surface area contributed by atoms with Gasteiger partial charge in [0.1, 0.15) is 6.61 Å². The number of carbonyl (C=O) groups excluding carboxylic acids is 1. The second-order valence-electron chi connectivity index (χ2n) is 3.93. The van der Waals surface area contributed by atoms with Crippen molar-refractivity contribution < 1.29 is 23.9 Å². The van der Waals surface area contributed by atoms with Crippen molar-refractivity contribution in [3.63, 3.8) is 0 Å². The van der Waals surface area contributed by atoms with Crippen molar-refractivity contribution in [2.45, 2.75) is 12.5 Å². The molecule has 0 unspecified atom stereocenters. The zero-order chi connectivity index (χ0) is 13.0. The Morgan fingerprint density at radius 1 is 1.56 bits per heavy atom. The zero-order valence-corrected chi connectivity index (χ0v) is 9.71. The number of halogens is 1. The molecule has 1 amide bonds. The van der Waals surface area contributed by atoms with E-state index in [9.17, 15) is 14.3 Å². The number of rotatable bonds is 4. The zero-order valence-electron chi connectivity index (χ0n) is 9.71. The summed E-state index contributed by atoms with van der Waals surface area (Å²) in [5.74, 6) is -0.631. The van der Waals surface area contributed by atoms with Gasteiger partial charge in [-0.25, -0.2) is 9.45 Å². The molecule has 1 fully saturated rings. The first kappa shape index (κ1) is 12.8. The number of hydroxylamine groups is 2. The predicted octanol–water partition coefficient (Wildman–Crippen LogP) is 0.729. The van der Waals surface area contributed by atoms with Crippen LogP contribution in [-0.4, -0.2) is 41.9 Å². The third kappa shape index (κ3) is 3.18. The number of hydrogen-bond donors (Lipinski definition) is 1. The number of ether oxygens (including phenoxy) is 1. The van der Waals surface area contributed by atoms with E-state index in [1.807, 2.05) is 0 Å². The van der Waals surface area contributed by atoms with E-state index in [0.29, 0.717) is 0 Å². The highest BCUT2D eigenvalue weighted by molar-refractivity contribution is 5.75. The van der Waals surface area contributed by atoms with E-state index in [1.54, 1.807) is 12.1 Å². The number of aliphatic hydroxyl groups excluding tert-OH is 1. The Balaban J connectivity index is 1.75. The van der Waals surface area contributed by atoms with Gasteiger partial charge in [0.25, 0.3) is 0 Å². The molecule has 1 N–H and O–H groups in total. The van der Waals surface area contributed by atoms with E-state index in [2.05, 4.69) is 0 Å². The number of aliphatic hydroxyl groups is 1. The SMILES string of the molecule is O=C(CCOc1ccccc1F)N1C[C@@H](O)CO1. The van der Waals surface area contributed by atoms with E-state index >= 15 is 0 Å². The van der Waals surface area contributed by atoms with Crippen LogP contribution in [0.3, 0.4) is 0 Å². The lowest BCUT2D eigenvalue weighted by Crippen LogP contribution is -2.29. The van der Waals surface area contributed by atoms with Gasteiger partial charge in [-0.05, 0) is 12.1 Å². The summed E-state index contributed by atoms with van der Waals surface area (Å²) in [7, 11) is 0. The third-order valence-electron chi connectivity index (χ3n) is 2.49. The summed E-state index contributed by atoms with van der Waals surface area (Å²) in [6.45, 7) is 0.355. The molecule has 0 aliphatic carbocycles. The van der Waals surface area contributed by atoms with Crippen LogP contribution in [0.4, 0.5) is 4.39 Å². The summed E-state index contributed by atoms with van der Waals surface area (Å²) in [6.07, 6.45) is -0.567. The minimum absolute atomic E-state index is 0.0652. The minimum atomic E-state index is -0.638. The van der Waals surface area contributed by atoms with Crippen LogP contribution in [0.15, 0.2) is 24.3 Å². The van der Waals surface area contributed by atoms with Gasteiger partial charge in [-0.1, -0.05) is 12.1 Å². The second kappa shape index (κ2) is 5.79. The molecule has 1 saturated heterocycles. The molecule has 1 atom stereocenters. The Labute approximate surface area is 104 Å². The van der Waals surface area contributed by atoms with Crippen molar-refractivity contribution in [3.8, 4) is 5.75 Å². The molecular formula is C12H14FNO4. The van der Waals surface area contributed by atoms with Gasteiger partial charge in [0.15, 0.2) is 11.6 Å². The first-order chi connectivity index (χ1) is 8.66. The standard InChI is InChI=1S/C12H14FNO4/c13-10-3-1-2-4-11(10)17-6-5-12(16)14-7-9(15)8-18-14/h1-4,9,15H,5-8H2/t9-/m1/s1. The number of β-amino-alcohol motifs (C(OH)–C–C–N with tert-alkyl or cyclic N) is 1. The first-order valence-corrected chi connectivity index (χ1v) is 5.65. The summed E-state index contributed by atoms with van der Waals surface area (Å²) in [5.41, 5.74) is 0. The molecule has 0 spiro atoms. The third-order valence-corrected chi connectivity index (χ3v) is 2.49. The monoisotopic (exact) mass is 255 g/mol. The lowest BCUT2D eigenvalue weighted by molar-refractivity contribution is -0.169. The molecule has 1 aliphatic rings. The van der Waals surface area contributed by atoms with Crippen LogP contribution in [0, 0.1) is 5.82 Å². The Morgan fingerprint density at radius 3 is 3.00 bits per heavy atom. The van der Waals surface area contributed by atoms with Gasteiger partial charge in [-0.2, -0.15) is 0 Å². The molecule has 6 heteroatoms. The summed E-state index contributed by atoms with van der Waals surface area (Å²) < 4.78 is 18.3.